The Kier molecular flexibility index (Phi) is 5.02. The van der Waals surface area contributed by atoms with Crippen LogP contribution in [0.1, 0.15) is 19.4 Å². The highest BCUT2D eigenvalue weighted by Gasteiger charge is 2.35. The molecule has 4 heteroatoms. The van der Waals surface area contributed by atoms with Crippen molar-refractivity contribution in [3.8, 4) is 5.75 Å². The summed E-state index contributed by atoms with van der Waals surface area (Å²) in [5.74, 6) is 0.321. The quantitative estimate of drug-likeness (QED) is 0.859. The van der Waals surface area contributed by atoms with Crippen molar-refractivity contribution >= 4 is 0 Å². The first-order chi connectivity index (χ1) is 9.54. The average molecular weight is 278 g/mol. The van der Waals surface area contributed by atoms with Crippen molar-refractivity contribution in [3.63, 3.8) is 0 Å². The fraction of sp³-hybridized carbons (Fsp3) is 0.625. The minimum absolute atomic E-state index is 0.0659. The van der Waals surface area contributed by atoms with E-state index in [0.29, 0.717) is 11.8 Å². The predicted molar refractivity (Wildman–Crippen MR) is 81.1 cm³/mol. The summed E-state index contributed by atoms with van der Waals surface area (Å²) < 4.78 is 5.45. The molecule has 1 aromatic rings. The van der Waals surface area contributed by atoms with Crippen molar-refractivity contribution in [1.82, 2.24) is 10.2 Å². The minimum Gasteiger partial charge on any atom is -0.508 e. The summed E-state index contributed by atoms with van der Waals surface area (Å²) in [5, 5.41) is 12.8. The second-order valence-electron chi connectivity index (χ2n) is 5.96. The molecule has 20 heavy (non-hydrogen) atoms. The number of aromatic hydroxyl groups is 1. The number of hydrogen-bond acceptors (Lipinski definition) is 4. The Bertz CT molecular complexity index is 411. The first kappa shape index (κ1) is 15.3. The van der Waals surface area contributed by atoms with E-state index in [1.807, 2.05) is 19.2 Å². The first-order valence-corrected chi connectivity index (χ1v) is 7.32. The SMILES string of the molecule is CNC(Cc1ccc(O)cc1)C(C)(C)N1CCOCC1. The molecule has 0 bridgehead atoms. The van der Waals surface area contributed by atoms with Gasteiger partial charge in [0.1, 0.15) is 5.75 Å². The molecule has 0 saturated carbocycles. The van der Waals surface area contributed by atoms with Crippen molar-refractivity contribution in [3.05, 3.63) is 29.8 Å². The van der Waals surface area contributed by atoms with Crippen LogP contribution < -0.4 is 5.32 Å². The Balaban J connectivity index is 2.07. The summed E-state index contributed by atoms with van der Waals surface area (Å²) in [7, 11) is 2.02. The predicted octanol–water partition coefficient (Wildman–Crippen LogP) is 1.63. The highest BCUT2D eigenvalue weighted by Crippen LogP contribution is 2.23. The van der Waals surface area contributed by atoms with E-state index in [-0.39, 0.29) is 5.54 Å². The number of phenolic OH excluding ortho intramolecular Hbond substituents is 1. The lowest BCUT2D eigenvalue weighted by Crippen LogP contribution is -2.60. The fourth-order valence-corrected chi connectivity index (χ4v) is 2.93. The topological polar surface area (TPSA) is 44.7 Å². The van der Waals surface area contributed by atoms with Crippen LogP contribution in [0.25, 0.3) is 0 Å². The Hall–Kier alpha value is -1.10. The first-order valence-electron chi connectivity index (χ1n) is 7.32. The molecule has 1 aliphatic rings. The zero-order chi connectivity index (χ0) is 14.6. The smallest absolute Gasteiger partial charge is 0.115 e. The number of ether oxygens (including phenoxy) is 1. The second kappa shape index (κ2) is 6.57. The van der Waals surface area contributed by atoms with E-state index in [2.05, 4.69) is 24.1 Å². The molecule has 2 N–H and O–H groups in total. The number of rotatable bonds is 5. The van der Waals surface area contributed by atoms with Crippen LogP contribution in [0, 0.1) is 0 Å². The average Bonchev–Trinajstić information content (AvgIpc) is 2.47. The van der Waals surface area contributed by atoms with E-state index in [1.165, 1.54) is 5.56 Å². The maximum absolute atomic E-state index is 9.37. The van der Waals surface area contributed by atoms with Gasteiger partial charge in [-0.15, -0.1) is 0 Å². The van der Waals surface area contributed by atoms with E-state index in [0.717, 1.165) is 32.7 Å². The summed E-state index contributed by atoms with van der Waals surface area (Å²) in [6, 6.07) is 7.85. The summed E-state index contributed by atoms with van der Waals surface area (Å²) in [6.07, 6.45) is 0.946. The van der Waals surface area contributed by atoms with Gasteiger partial charge in [0.15, 0.2) is 0 Å². The van der Waals surface area contributed by atoms with E-state index in [4.69, 9.17) is 4.74 Å². The molecular weight excluding hydrogens is 252 g/mol. The van der Waals surface area contributed by atoms with Gasteiger partial charge >= 0.3 is 0 Å². The molecule has 0 amide bonds. The molecule has 2 rings (SSSR count). The fourth-order valence-electron chi connectivity index (χ4n) is 2.93. The molecule has 1 aromatic carbocycles. The van der Waals surface area contributed by atoms with Gasteiger partial charge in [-0.2, -0.15) is 0 Å². The van der Waals surface area contributed by atoms with Crippen LogP contribution in [0.2, 0.25) is 0 Å². The van der Waals surface area contributed by atoms with Gasteiger partial charge in [-0.1, -0.05) is 12.1 Å². The molecule has 0 aliphatic carbocycles. The highest BCUT2D eigenvalue weighted by molar-refractivity contribution is 5.27. The lowest BCUT2D eigenvalue weighted by Gasteiger charge is -2.46. The highest BCUT2D eigenvalue weighted by atomic mass is 16.5. The lowest BCUT2D eigenvalue weighted by molar-refractivity contribution is -0.0223. The van der Waals surface area contributed by atoms with Crippen LogP contribution >= 0.6 is 0 Å². The van der Waals surface area contributed by atoms with Crippen molar-refractivity contribution in [2.75, 3.05) is 33.4 Å². The Morgan fingerprint density at radius 1 is 1.25 bits per heavy atom. The number of nitrogens with one attached hydrogen (secondary N) is 1. The van der Waals surface area contributed by atoms with Crippen LogP contribution in [0.15, 0.2) is 24.3 Å². The standard InChI is InChI=1S/C16H26N2O2/c1-16(2,18-8-10-20-11-9-18)15(17-3)12-13-4-6-14(19)7-5-13/h4-7,15,17,19H,8-12H2,1-3H3. The van der Waals surface area contributed by atoms with Gasteiger partial charge < -0.3 is 15.2 Å². The number of hydrogen-bond donors (Lipinski definition) is 2. The van der Waals surface area contributed by atoms with Crippen molar-refractivity contribution in [2.24, 2.45) is 0 Å². The molecule has 1 atom stereocenters. The molecule has 112 valence electrons. The van der Waals surface area contributed by atoms with Gasteiger partial charge in [0.05, 0.1) is 13.2 Å². The van der Waals surface area contributed by atoms with Gasteiger partial charge in [-0.05, 0) is 45.0 Å². The second-order valence-corrected chi connectivity index (χ2v) is 5.96. The summed E-state index contributed by atoms with van der Waals surface area (Å²) >= 11 is 0. The van der Waals surface area contributed by atoms with Crippen molar-refractivity contribution in [2.45, 2.75) is 31.8 Å². The molecule has 0 aromatic heterocycles. The van der Waals surface area contributed by atoms with E-state index in [9.17, 15) is 5.11 Å². The zero-order valence-corrected chi connectivity index (χ0v) is 12.7. The minimum atomic E-state index is 0.0659. The van der Waals surface area contributed by atoms with Crippen LogP contribution in [0.3, 0.4) is 0 Å². The summed E-state index contributed by atoms with van der Waals surface area (Å²) in [4.78, 5) is 2.50. The molecule has 1 unspecified atom stereocenters. The molecule has 1 heterocycles. The monoisotopic (exact) mass is 278 g/mol. The maximum Gasteiger partial charge on any atom is 0.115 e. The summed E-state index contributed by atoms with van der Waals surface area (Å²) in [6.45, 7) is 8.19. The van der Waals surface area contributed by atoms with E-state index >= 15 is 0 Å². The number of morpholine rings is 1. The van der Waals surface area contributed by atoms with Crippen molar-refractivity contribution in [1.29, 1.82) is 0 Å². The Morgan fingerprint density at radius 2 is 1.85 bits per heavy atom. The van der Waals surface area contributed by atoms with Gasteiger partial charge in [0.25, 0.3) is 0 Å². The molecule has 0 radical (unpaired) electrons. The molecular formula is C16H26N2O2. The normalized spacial score (nSPS) is 18.9. The van der Waals surface area contributed by atoms with Gasteiger partial charge in [0.2, 0.25) is 0 Å². The maximum atomic E-state index is 9.37. The van der Waals surface area contributed by atoms with Crippen LogP contribution in [0.4, 0.5) is 0 Å². The number of phenols is 1. The van der Waals surface area contributed by atoms with E-state index in [1.54, 1.807) is 12.1 Å². The van der Waals surface area contributed by atoms with Crippen LogP contribution in [0.5, 0.6) is 5.75 Å². The number of benzene rings is 1. The molecule has 4 nitrogen and oxygen atoms in total. The molecule has 1 saturated heterocycles. The van der Waals surface area contributed by atoms with Gasteiger partial charge in [0, 0.05) is 24.7 Å². The molecule has 1 aliphatic heterocycles. The molecule has 1 fully saturated rings. The third kappa shape index (κ3) is 3.51. The Labute approximate surface area is 121 Å². The van der Waals surface area contributed by atoms with Crippen molar-refractivity contribution < 1.29 is 9.84 Å². The van der Waals surface area contributed by atoms with Gasteiger partial charge in [-0.3, -0.25) is 4.90 Å². The van der Waals surface area contributed by atoms with E-state index < -0.39 is 0 Å². The number of nitrogens with zero attached hydrogens (tertiary/aromatic N) is 1. The Morgan fingerprint density at radius 3 is 2.40 bits per heavy atom. The van der Waals surface area contributed by atoms with Gasteiger partial charge in [-0.25, -0.2) is 0 Å². The number of likely N-dealkylation sites (N-methyl/N-ethyl adjacent to an activating group) is 1. The largest absolute Gasteiger partial charge is 0.508 e. The third-order valence-corrected chi connectivity index (χ3v) is 4.40. The lowest BCUT2D eigenvalue weighted by atomic mass is 9.87. The molecule has 0 spiro atoms. The van der Waals surface area contributed by atoms with Crippen LogP contribution in [-0.4, -0.2) is 54.9 Å². The third-order valence-electron chi connectivity index (χ3n) is 4.40. The van der Waals surface area contributed by atoms with Crippen LogP contribution in [-0.2, 0) is 11.2 Å². The summed E-state index contributed by atoms with van der Waals surface area (Å²) in [5.41, 5.74) is 1.31. The zero-order valence-electron chi connectivity index (χ0n) is 12.7.